The average molecular weight is 625 g/mol. The summed E-state index contributed by atoms with van der Waals surface area (Å²) < 4.78 is 35.5. The smallest absolute Gasteiger partial charge is 0.201 e. The molecule has 0 spiro atoms. The maximum absolute atomic E-state index is 7.75. The molecule has 2 aliphatic rings. The molecule has 1 aromatic carbocycles. The van der Waals surface area contributed by atoms with Crippen LogP contribution in [0, 0.1) is 0 Å². The zero-order valence-corrected chi connectivity index (χ0v) is 31.0. The Morgan fingerprint density at radius 1 is 0.707 bits per heavy atom. The third-order valence-electron chi connectivity index (χ3n) is 9.78. The Labute approximate surface area is 258 Å². The standard InChI is InChI=1S/C33H60O5SSi2/c1-14-39-33-31(38-41(24(8)9,25(10)11)26(12)13)30(37-40(21(2)3,22(4)5)23(6)7)29-28(35-33)20-34-32(36-29)27-18-16-15-17-19-27/h15-19,21-26,28-33H,14,20H2,1-13H3/t28?,29-,30?,31?,32?,33+/m0/s1. The predicted molar refractivity (Wildman–Crippen MR) is 179 cm³/mol. The Morgan fingerprint density at radius 2 is 1.17 bits per heavy atom. The van der Waals surface area contributed by atoms with E-state index in [1.54, 1.807) is 0 Å². The lowest BCUT2D eigenvalue weighted by molar-refractivity contribution is -0.315. The van der Waals surface area contributed by atoms with Gasteiger partial charge >= 0.3 is 0 Å². The molecule has 0 amide bonds. The van der Waals surface area contributed by atoms with Crippen LogP contribution in [0.4, 0.5) is 0 Å². The number of fused-ring (bicyclic) bond motifs is 1. The second-order valence-corrected chi connectivity index (χ2v) is 26.2. The second-order valence-electron chi connectivity index (χ2n) is 14.0. The van der Waals surface area contributed by atoms with E-state index in [-0.39, 0.29) is 29.9 Å². The van der Waals surface area contributed by atoms with Gasteiger partial charge in [-0.05, 0) is 39.0 Å². The molecule has 0 bridgehead atoms. The van der Waals surface area contributed by atoms with Gasteiger partial charge in [-0.2, -0.15) is 0 Å². The molecule has 2 saturated heterocycles. The first kappa shape index (κ1) is 35.3. The van der Waals surface area contributed by atoms with Crippen LogP contribution in [0.2, 0.25) is 33.2 Å². The molecule has 0 saturated carbocycles. The van der Waals surface area contributed by atoms with Crippen LogP contribution in [0.25, 0.3) is 0 Å². The van der Waals surface area contributed by atoms with E-state index in [0.717, 1.165) is 11.3 Å². The minimum Gasteiger partial charge on any atom is -0.408 e. The summed E-state index contributed by atoms with van der Waals surface area (Å²) in [7, 11) is -4.56. The van der Waals surface area contributed by atoms with E-state index in [0.29, 0.717) is 39.9 Å². The molecule has 2 fully saturated rings. The van der Waals surface area contributed by atoms with Gasteiger partial charge in [0, 0.05) is 5.56 Å². The first-order valence-corrected chi connectivity index (χ1v) is 21.5. The molecule has 8 heteroatoms. The van der Waals surface area contributed by atoms with Gasteiger partial charge in [-0.25, -0.2) is 0 Å². The van der Waals surface area contributed by atoms with Crippen molar-refractivity contribution in [2.45, 2.75) is 159 Å². The number of benzene rings is 1. The molecule has 4 unspecified atom stereocenters. The minimum absolute atomic E-state index is 0.131. The monoisotopic (exact) mass is 624 g/mol. The molecule has 236 valence electrons. The zero-order valence-electron chi connectivity index (χ0n) is 28.2. The number of hydrogen-bond acceptors (Lipinski definition) is 6. The predicted octanol–water partition coefficient (Wildman–Crippen LogP) is 9.70. The van der Waals surface area contributed by atoms with Crippen molar-refractivity contribution in [1.82, 2.24) is 0 Å². The van der Waals surface area contributed by atoms with Crippen LogP contribution in [-0.2, 0) is 23.1 Å². The topological polar surface area (TPSA) is 46.2 Å². The summed E-state index contributed by atoms with van der Waals surface area (Å²) in [5.41, 5.74) is 3.64. The SMILES string of the molecule is CCS[C@H]1OC2COC(c3ccccc3)O[C@@H]2C(O[Si](C(C)C)(C(C)C)C(C)C)C1O[Si](C(C)C)(C(C)C)C(C)C. The van der Waals surface area contributed by atoms with Gasteiger partial charge in [0.15, 0.2) is 6.29 Å². The van der Waals surface area contributed by atoms with E-state index < -0.39 is 22.9 Å². The van der Waals surface area contributed by atoms with Gasteiger partial charge in [0.05, 0.1) is 6.61 Å². The number of ether oxygens (including phenoxy) is 3. The molecule has 2 aliphatic heterocycles. The number of thioether (sulfide) groups is 1. The summed E-state index contributed by atoms with van der Waals surface area (Å²) in [6, 6.07) is 10.3. The Hall–Kier alpha value is -0.196. The van der Waals surface area contributed by atoms with Crippen molar-refractivity contribution in [1.29, 1.82) is 0 Å². The van der Waals surface area contributed by atoms with Gasteiger partial charge in [-0.3, -0.25) is 0 Å². The van der Waals surface area contributed by atoms with Crippen LogP contribution in [0.5, 0.6) is 0 Å². The normalized spacial score (nSPS) is 28.0. The van der Waals surface area contributed by atoms with Gasteiger partial charge < -0.3 is 23.1 Å². The van der Waals surface area contributed by atoms with Crippen molar-refractivity contribution in [2.75, 3.05) is 12.4 Å². The van der Waals surface area contributed by atoms with Crippen molar-refractivity contribution in [3.05, 3.63) is 35.9 Å². The highest BCUT2D eigenvalue weighted by atomic mass is 32.2. The van der Waals surface area contributed by atoms with Crippen molar-refractivity contribution in [2.24, 2.45) is 0 Å². The number of hydrogen-bond donors (Lipinski definition) is 0. The molecule has 6 atom stereocenters. The minimum atomic E-state index is -2.29. The Morgan fingerprint density at radius 3 is 1.61 bits per heavy atom. The van der Waals surface area contributed by atoms with Crippen molar-refractivity contribution in [3.8, 4) is 0 Å². The molecular formula is C33H60O5SSi2. The molecule has 1 aromatic rings. The van der Waals surface area contributed by atoms with Crippen LogP contribution in [0.3, 0.4) is 0 Å². The van der Waals surface area contributed by atoms with Gasteiger partial charge in [-0.1, -0.05) is 120 Å². The third kappa shape index (κ3) is 7.05. The Balaban J connectivity index is 2.18. The lowest BCUT2D eigenvalue weighted by atomic mass is 9.99. The van der Waals surface area contributed by atoms with E-state index in [9.17, 15) is 0 Å². The summed E-state index contributed by atoms with van der Waals surface area (Å²) in [6.07, 6.45) is -1.35. The molecule has 3 rings (SSSR count). The van der Waals surface area contributed by atoms with Crippen LogP contribution in [-0.4, -0.2) is 58.8 Å². The quantitative estimate of drug-likeness (QED) is 0.204. The summed E-state index contributed by atoms with van der Waals surface area (Å²) in [4.78, 5) is 0. The molecule has 0 aromatic heterocycles. The van der Waals surface area contributed by atoms with E-state index in [2.05, 4.69) is 102 Å². The van der Waals surface area contributed by atoms with Crippen molar-refractivity contribution >= 4 is 28.4 Å². The Kier molecular flexibility index (Phi) is 12.7. The van der Waals surface area contributed by atoms with Crippen molar-refractivity contribution in [3.63, 3.8) is 0 Å². The fourth-order valence-corrected chi connectivity index (χ4v) is 20.3. The fraction of sp³-hybridized carbons (Fsp3) is 0.818. The largest absolute Gasteiger partial charge is 0.408 e. The van der Waals surface area contributed by atoms with Gasteiger partial charge in [0.25, 0.3) is 0 Å². The molecule has 2 heterocycles. The van der Waals surface area contributed by atoms with Gasteiger partial charge in [0.1, 0.15) is 29.9 Å². The van der Waals surface area contributed by atoms with Crippen LogP contribution >= 0.6 is 11.8 Å². The first-order valence-electron chi connectivity index (χ1n) is 16.2. The summed E-state index contributed by atoms with van der Waals surface area (Å²) in [5.74, 6) is 0.948. The molecule has 0 aliphatic carbocycles. The summed E-state index contributed by atoms with van der Waals surface area (Å²) >= 11 is 1.84. The van der Waals surface area contributed by atoms with Crippen molar-refractivity contribution < 1.29 is 23.1 Å². The Bertz CT molecular complexity index is 882. The highest BCUT2D eigenvalue weighted by Crippen LogP contribution is 2.50. The van der Waals surface area contributed by atoms with Crippen LogP contribution in [0.1, 0.15) is 102 Å². The van der Waals surface area contributed by atoms with E-state index in [4.69, 9.17) is 23.1 Å². The van der Waals surface area contributed by atoms with Crippen LogP contribution < -0.4 is 0 Å². The van der Waals surface area contributed by atoms with Gasteiger partial charge in [-0.15, -0.1) is 11.8 Å². The lowest BCUT2D eigenvalue weighted by Gasteiger charge is -2.56. The van der Waals surface area contributed by atoms with Gasteiger partial charge in [0.2, 0.25) is 16.6 Å². The molecule has 5 nitrogen and oxygen atoms in total. The summed E-state index contributed by atoms with van der Waals surface area (Å²) in [5, 5.41) is 0. The fourth-order valence-electron chi connectivity index (χ4n) is 8.17. The highest BCUT2D eigenvalue weighted by molar-refractivity contribution is 7.99. The zero-order chi connectivity index (χ0) is 30.7. The molecule has 0 N–H and O–H groups in total. The van der Waals surface area contributed by atoms with Crippen LogP contribution in [0.15, 0.2) is 30.3 Å². The number of rotatable bonds is 13. The maximum atomic E-state index is 7.75. The summed E-state index contributed by atoms with van der Waals surface area (Å²) in [6.45, 7) is 31.1. The molecule has 0 radical (unpaired) electrons. The maximum Gasteiger partial charge on any atom is 0.201 e. The van der Waals surface area contributed by atoms with E-state index >= 15 is 0 Å². The third-order valence-corrected chi connectivity index (χ3v) is 23.0. The highest BCUT2D eigenvalue weighted by Gasteiger charge is 2.59. The average Bonchev–Trinajstić information content (AvgIpc) is 2.90. The first-order chi connectivity index (χ1) is 19.2. The molecular weight excluding hydrogens is 565 g/mol. The van der Waals surface area contributed by atoms with E-state index in [1.807, 2.05) is 30.0 Å². The molecule has 41 heavy (non-hydrogen) atoms. The second kappa shape index (κ2) is 14.7. The van der Waals surface area contributed by atoms with E-state index in [1.165, 1.54) is 0 Å². The lowest BCUT2D eigenvalue weighted by Crippen LogP contribution is -2.68.